The van der Waals surface area contributed by atoms with Gasteiger partial charge in [0.2, 0.25) is 0 Å². The number of carbonyl (C=O) groups excluding carboxylic acids is 1. The molecule has 0 aliphatic heterocycles. The smallest absolute Gasteiger partial charge is 0.253 e. The van der Waals surface area contributed by atoms with E-state index in [1.807, 2.05) is 38.1 Å². The molecule has 0 unspecified atom stereocenters. The third kappa shape index (κ3) is 4.52. The summed E-state index contributed by atoms with van der Waals surface area (Å²) in [5.74, 6) is -0.107. The highest BCUT2D eigenvalue weighted by Crippen LogP contribution is 2.19. The molecule has 0 saturated carbocycles. The van der Waals surface area contributed by atoms with Crippen LogP contribution in [0.2, 0.25) is 0 Å². The highest BCUT2D eigenvalue weighted by Gasteiger charge is 2.12. The van der Waals surface area contributed by atoms with E-state index in [4.69, 9.17) is 5.73 Å². The largest absolute Gasteiger partial charge is 0.399 e. The summed E-state index contributed by atoms with van der Waals surface area (Å²) in [5.41, 5.74) is 9.05. The minimum atomic E-state index is -0.107. The van der Waals surface area contributed by atoms with Gasteiger partial charge in [0.15, 0.2) is 0 Å². The predicted octanol–water partition coefficient (Wildman–Crippen LogP) is 3.06. The van der Waals surface area contributed by atoms with Crippen LogP contribution in [0.15, 0.2) is 48.5 Å². The molecule has 4 nitrogen and oxygen atoms in total. The van der Waals surface area contributed by atoms with Crippen LogP contribution in [-0.2, 0) is 6.42 Å². The van der Waals surface area contributed by atoms with Crippen LogP contribution < -0.4 is 16.4 Å². The molecule has 22 heavy (non-hydrogen) atoms. The molecule has 2 aromatic carbocycles. The van der Waals surface area contributed by atoms with Crippen molar-refractivity contribution in [2.24, 2.45) is 0 Å². The Balaban J connectivity index is 2.05. The summed E-state index contributed by atoms with van der Waals surface area (Å²) in [6, 6.07) is 15.7. The van der Waals surface area contributed by atoms with E-state index in [1.165, 1.54) is 5.56 Å². The standard InChI is InChI=1S/C18H23N3O/c1-13(2)21-18(22)16-12-15(19)8-9-17(16)20-11-10-14-6-4-3-5-7-14/h3-9,12-13,20H,10-11,19H2,1-2H3,(H,21,22). The van der Waals surface area contributed by atoms with Crippen LogP contribution in [0.3, 0.4) is 0 Å². The highest BCUT2D eigenvalue weighted by atomic mass is 16.1. The minimum Gasteiger partial charge on any atom is -0.399 e. The maximum absolute atomic E-state index is 12.3. The zero-order valence-corrected chi connectivity index (χ0v) is 13.1. The summed E-state index contributed by atoms with van der Waals surface area (Å²) in [7, 11) is 0. The topological polar surface area (TPSA) is 67.2 Å². The number of carbonyl (C=O) groups is 1. The molecule has 0 bridgehead atoms. The van der Waals surface area contributed by atoms with Gasteiger partial charge in [-0.25, -0.2) is 0 Å². The van der Waals surface area contributed by atoms with Crippen molar-refractivity contribution in [3.8, 4) is 0 Å². The fraction of sp³-hybridized carbons (Fsp3) is 0.278. The number of amides is 1. The lowest BCUT2D eigenvalue weighted by atomic mass is 10.1. The van der Waals surface area contributed by atoms with Crippen LogP contribution in [0.1, 0.15) is 29.8 Å². The zero-order valence-electron chi connectivity index (χ0n) is 13.1. The molecular weight excluding hydrogens is 274 g/mol. The van der Waals surface area contributed by atoms with Gasteiger partial charge in [0.05, 0.1) is 5.56 Å². The quantitative estimate of drug-likeness (QED) is 0.718. The molecule has 0 aliphatic rings. The molecule has 2 rings (SSSR count). The summed E-state index contributed by atoms with van der Waals surface area (Å²) in [6.07, 6.45) is 0.899. The molecule has 2 aromatic rings. The molecule has 0 aromatic heterocycles. The number of hydrogen-bond acceptors (Lipinski definition) is 3. The van der Waals surface area contributed by atoms with E-state index in [2.05, 4.69) is 22.8 Å². The van der Waals surface area contributed by atoms with Crippen LogP contribution in [0, 0.1) is 0 Å². The van der Waals surface area contributed by atoms with Gasteiger partial charge in [-0.3, -0.25) is 4.79 Å². The number of hydrogen-bond donors (Lipinski definition) is 3. The van der Waals surface area contributed by atoms with E-state index < -0.39 is 0 Å². The Labute approximate surface area is 131 Å². The second kappa shape index (κ2) is 7.50. The van der Waals surface area contributed by atoms with E-state index >= 15 is 0 Å². The number of anilines is 2. The molecule has 0 aliphatic carbocycles. The number of benzene rings is 2. The Hall–Kier alpha value is -2.49. The molecule has 0 heterocycles. The Bertz CT molecular complexity index is 623. The predicted molar refractivity (Wildman–Crippen MR) is 92.1 cm³/mol. The van der Waals surface area contributed by atoms with Crippen molar-refractivity contribution >= 4 is 17.3 Å². The summed E-state index contributed by atoms with van der Waals surface area (Å²) in [6.45, 7) is 4.63. The maximum atomic E-state index is 12.3. The van der Waals surface area contributed by atoms with Gasteiger partial charge < -0.3 is 16.4 Å². The van der Waals surface area contributed by atoms with E-state index in [0.29, 0.717) is 11.3 Å². The lowest BCUT2D eigenvalue weighted by Crippen LogP contribution is -2.30. The monoisotopic (exact) mass is 297 g/mol. The van der Waals surface area contributed by atoms with E-state index in [0.717, 1.165) is 18.7 Å². The summed E-state index contributed by atoms with van der Waals surface area (Å²) >= 11 is 0. The normalized spacial score (nSPS) is 10.5. The number of nitrogens with two attached hydrogens (primary N) is 1. The maximum Gasteiger partial charge on any atom is 0.253 e. The molecule has 4 heteroatoms. The third-order valence-electron chi connectivity index (χ3n) is 3.28. The Morgan fingerprint density at radius 1 is 1.14 bits per heavy atom. The molecule has 0 radical (unpaired) electrons. The van der Waals surface area contributed by atoms with Gasteiger partial charge in [0, 0.05) is 24.0 Å². The van der Waals surface area contributed by atoms with Crippen LogP contribution >= 0.6 is 0 Å². The summed E-state index contributed by atoms with van der Waals surface area (Å²) in [4.78, 5) is 12.3. The SMILES string of the molecule is CC(C)NC(=O)c1cc(N)ccc1NCCc1ccccc1. The van der Waals surface area contributed by atoms with Crippen LogP contribution in [0.4, 0.5) is 11.4 Å². The van der Waals surface area contributed by atoms with E-state index in [-0.39, 0.29) is 11.9 Å². The lowest BCUT2D eigenvalue weighted by molar-refractivity contribution is 0.0944. The van der Waals surface area contributed by atoms with Crippen molar-refractivity contribution in [3.05, 3.63) is 59.7 Å². The first-order valence-electron chi connectivity index (χ1n) is 7.54. The molecule has 0 atom stereocenters. The Morgan fingerprint density at radius 2 is 1.86 bits per heavy atom. The number of nitrogen functional groups attached to an aromatic ring is 1. The van der Waals surface area contributed by atoms with Crippen molar-refractivity contribution in [2.75, 3.05) is 17.6 Å². The lowest BCUT2D eigenvalue weighted by Gasteiger charge is -2.14. The summed E-state index contributed by atoms with van der Waals surface area (Å²) < 4.78 is 0. The van der Waals surface area contributed by atoms with E-state index in [9.17, 15) is 4.79 Å². The molecule has 116 valence electrons. The van der Waals surface area contributed by atoms with Crippen molar-refractivity contribution < 1.29 is 4.79 Å². The van der Waals surface area contributed by atoms with Gasteiger partial charge in [0.25, 0.3) is 5.91 Å². The van der Waals surface area contributed by atoms with Crippen molar-refractivity contribution in [1.82, 2.24) is 5.32 Å². The Morgan fingerprint density at radius 3 is 2.55 bits per heavy atom. The average Bonchev–Trinajstić information content (AvgIpc) is 2.49. The second-order valence-electron chi connectivity index (χ2n) is 5.60. The van der Waals surface area contributed by atoms with Gasteiger partial charge >= 0.3 is 0 Å². The molecule has 4 N–H and O–H groups in total. The molecule has 0 fully saturated rings. The van der Waals surface area contributed by atoms with Crippen LogP contribution in [0.25, 0.3) is 0 Å². The highest BCUT2D eigenvalue weighted by molar-refractivity contribution is 6.00. The zero-order chi connectivity index (χ0) is 15.9. The van der Waals surface area contributed by atoms with Crippen molar-refractivity contribution in [1.29, 1.82) is 0 Å². The molecule has 0 spiro atoms. The fourth-order valence-corrected chi connectivity index (χ4v) is 2.23. The van der Waals surface area contributed by atoms with Crippen molar-refractivity contribution in [3.63, 3.8) is 0 Å². The second-order valence-corrected chi connectivity index (χ2v) is 5.60. The third-order valence-corrected chi connectivity index (χ3v) is 3.28. The van der Waals surface area contributed by atoms with Crippen LogP contribution in [-0.4, -0.2) is 18.5 Å². The molecule has 1 amide bonds. The fourth-order valence-electron chi connectivity index (χ4n) is 2.23. The first-order chi connectivity index (χ1) is 10.6. The Kier molecular flexibility index (Phi) is 5.42. The summed E-state index contributed by atoms with van der Waals surface area (Å²) in [5, 5.41) is 6.23. The number of rotatable bonds is 6. The minimum absolute atomic E-state index is 0.0890. The van der Waals surface area contributed by atoms with Gasteiger partial charge in [-0.05, 0) is 44.0 Å². The van der Waals surface area contributed by atoms with Gasteiger partial charge in [-0.2, -0.15) is 0 Å². The number of nitrogens with one attached hydrogen (secondary N) is 2. The first-order valence-corrected chi connectivity index (χ1v) is 7.54. The van der Waals surface area contributed by atoms with Crippen molar-refractivity contribution in [2.45, 2.75) is 26.3 Å². The van der Waals surface area contributed by atoms with E-state index in [1.54, 1.807) is 12.1 Å². The molecular formula is C18H23N3O. The van der Waals surface area contributed by atoms with Gasteiger partial charge in [-0.15, -0.1) is 0 Å². The first kappa shape index (κ1) is 15.9. The van der Waals surface area contributed by atoms with Crippen LogP contribution in [0.5, 0.6) is 0 Å². The van der Waals surface area contributed by atoms with Gasteiger partial charge in [-0.1, -0.05) is 30.3 Å². The average molecular weight is 297 g/mol. The van der Waals surface area contributed by atoms with Gasteiger partial charge in [0.1, 0.15) is 0 Å². The molecule has 0 saturated heterocycles.